The van der Waals surface area contributed by atoms with E-state index in [2.05, 4.69) is 21.5 Å². The number of rotatable bonds is 8. The molecule has 1 N–H and O–H groups in total. The number of benzene rings is 1. The van der Waals surface area contributed by atoms with E-state index in [1.54, 1.807) is 4.90 Å². The van der Waals surface area contributed by atoms with Crippen LogP contribution in [0.2, 0.25) is 0 Å². The van der Waals surface area contributed by atoms with Gasteiger partial charge in [-0.2, -0.15) is 0 Å². The van der Waals surface area contributed by atoms with Gasteiger partial charge in [-0.25, -0.2) is 13.8 Å². The molecule has 1 aromatic carbocycles. The number of halogens is 2. The van der Waals surface area contributed by atoms with Crippen LogP contribution in [-0.2, 0) is 20.4 Å². The van der Waals surface area contributed by atoms with Crippen LogP contribution in [0, 0.1) is 11.6 Å². The van der Waals surface area contributed by atoms with Gasteiger partial charge in [0.15, 0.2) is 11.6 Å². The minimum Gasteiger partial charge on any atom is -0.507 e. The van der Waals surface area contributed by atoms with Gasteiger partial charge in [0.05, 0.1) is 38.2 Å². The predicted octanol–water partition coefficient (Wildman–Crippen LogP) is 4.38. The van der Waals surface area contributed by atoms with Gasteiger partial charge in [-0.1, -0.05) is 26.5 Å². The number of aromatic nitrogens is 2. The fourth-order valence-corrected chi connectivity index (χ4v) is 6.04. The first-order valence-electron chi connectivity index (χ1n) is 13.8. The molecule has 0 saturated carbocycles. The molecule has 0 radical (unpaired) electrons. The van der Waals surface area contributed by atoms with Crippen LogP contribution in [0.25, 0.3) is 11.3 Å². The standard InChI is InChI=1S/C31H34F2N6O4S/c1-7-25(42)37-13-14-38(19(4)16-37)30(34-5)20-15-22(33)28(26-21(32)9-8-10-23(26)41)36-31(20)39(17-40)29-24(44(6)43)11-12-35-27(29)18(2)3/h7-12,15,17-19,41H,1,13-14,16H2,2-6H3. The van der Waals surface area contributed by atoms with Crippen molar-refractivity contribution in [3.63, 3.8) is 0 Å². The molecule has 13 heteroatoms. The Balaban J connectivity index is 2.02. The van der Waals surface area contributed by atoms with Crippen molar-refractivity contribution >= 4 is 40.5 Å². The highest BCUT2D eigenvalue weighted by atomic mass is 32.2. The van der Waals surface area contributed by atoms with Crippen LogP contribution in [0.5, 0.6) is 5.75 Å². The Kier molecular flexibility index (Phi) is 9.88. The van der Waals surface area contributed by atoms with Gasteiger partial charge in [-0.3, -0.25) is 28.7 Å². The molecule has 2 amide bonds. The Bertz CT molecular complexity index is 1640. The maximum atomic E-state index is 16.0. The number of nitrogens with zero attached hydrogens (tertiary/aromatic N) is 6. The van der Waals surface area contributed by atoms with E-state index in [-0.39, 0.29) is 45.7 Å². The van der Waals surface area contributed by atoms with E-state index >= 15 is 8.78 Å². The summed E-state index contributed by atoms with van der Waals surface area (Å²) in [5, 5.41) is 10.5. The number of carbonyl (C=O) groups is 2. The lowest BCUT2D eigenvalue weighted by Crippen LogP contribution is -2.55. The number of phenolic OH excluding ortho intramolecular Hbond substituents is 1. The SMILES string of the molecule is C=CC(=O)N1CCN(C(=NC)c2cc(F)c(-c3c(O)cccc3F)nc2N(C=O)c2c(S(C)=O)ccnc2C(C)C)C(C)C1. The third-order valence-electron chi connectivity index (χ3n) is 7.37. The molecule has 2 aromatic heterocycles. The zero-order valence-corrected chi connectivity index (χ0v) is 25.9. The van der Waals surface area contributed by atoms with Crippen LogP contribution < -0.4 is 4.90 Å². The van der Waals surface area contributed by atoms with Crippen molar-refractivity contribution in [3.05, 3.63) is 72.1 Å². The highest BCUT2D eigenvalue weighted by Gasteiger charge is 2.34. The minimum atomic E-state index is -1.58. The van der Waals surface area contributed by atoms with E-state index in [1.165, 1.54) is 43.8 Å². The van der Waals surface area contributed by atoms with E-state index in [9.17, 15) is 18.9 Å². The summed E-state index contributed by atoms with van der Waals surface area (Å²) in [5.74, 6) is -2.78. The van der Waals surface area contributed by atoms with Gasteiger partial charge in [0.2, 0.25) is 12.3 Å². The van der Waals surface area contributed by atoms with Gasteiger partial charge in [-0.15, -0.1) is 0 Å². The van der Waals surface area contributed by atoms with Gasteiger partial charge in [0.1, 0.15) is 23.1 Å². The van der Waals surface area contributed by atoms with Crippen LogP contribution in [0.3, 0.4) is 0 Å². The maximum absolute atomic E-state index is 16.0. The van der Waals surface area contributed by atoms with Gasteiger partial charge in [0, 0.05) is 45.2 Å². The van der Waals surface area contributed by atoms with Gasteiger partial charge in [-0.05, 0) is 43.2 Å². The Morgan fingerprint density at radius 3 is 2.55 bits per heavy atom. The Morgan fingerprint density at radius 1 is 1.25 bits per heavy atom. The third kappa shape index (κ3) is 6.09. The first kappa shape index (κ1) is 32.4. The number of aromatic hydroxyl groups is 1. The average Bonchev–Trinajstić information content (AvgIpc) is 2.99. The van der Waals surface area contributed by atoms with Crippen molar-refractivity contribution in [2.75, 3.05) is 37.8 Å². The number of pyridine rings is 2. The van der Waals surface area contributed by atoms with Gasteiger partial charge < -0.3 is 14.9 Å². The molecule has 1 fully saturated rings. The van der Waals surface area contributed by atoms with Crippen molar-refractivity contribution in [2.24, 2.45) is 4.99 Å². The van der Waals surface area contributed by atoms with Crippen LogP contribution in [0.4, 0.5) is 20.3 Å². The van der Waals surface area contributed by atoms with E-state index in [0.29, 0.717) is 31.7 Å². The van der Waals surface area contributed by atoms with Crippen LogP contribution in [0.1, 0.15) is 37.9 Å². The summed E-state index contributed by atoms with van der Waals surface area (Å²) in [7, 11) is -0.0806. The molecule has 1 aliphatic rings. The number of aliphatic imine (C=N–C) groups is 1. The van der Waals surface area contributed by atoms with Crippen LogP contribution >= 0.6 is 0 Å². The summed E-state index contributed by atoms with van der Waals surface area (Å²) in [6.45, 7) is 10.1. The molecule has 1 saturated heterocycles. The normalized spacial score (nSPS) is 16.2. The lowest BCUT2D eigenvalue weighted by atomic mass is 10.0. The fraction of sp³-hybridized carbons (Fsp3) is 0.323. The Labute approximate surface area is 257 Å². The number of amidine groups is 1. The molecular formula is C31H34F2N6O4S. The van der Waals surface area contributed by atoms with Gasteiger partial charge in [0.25, 0.3) is 0 Å². The largest absolute Gasteiger partial charge is 0.507 e. The highest BCUT2D eigenvalue weighted by Crippen LogP contribution is 2.40. The molecular weight excluding hydrogens is 590 g/mol. The molecule has 3 heterocycles. The van der Waals surface area contributed by atoms with Crippen molar-refractivity contribution in [1.82, 2.24) is 19.8 Å². The number of hydrogen-bond acceptors (Lipinski definition) is 7. The van der Waals surface area contributed by atoms with Crippen LogP contribution in [0.15, 0.2) is 59.1 Å². The molecule has 0 aliphatic carbocycles. The predicted molar refractivity (Wildman–Crippen MR) is 166 cm³/mol. The molecule has 3 aromatic rings. The van der Waals surface area contributed by atoms with Crippen LogP contribution in [-0.4, -0.2) is 86.2 Å². The Hall–Kier alpha value is -4.52. The monoisotopic (exact) mass is 624 g/mol. The van der Waals surface area contributed by atoms with E-state index in [0.717, 1.165) is 17.0 Å². The zero-order chi connectivity index (χ0) is 32.3. The number of piperazine rings is 1. The van der Waals surface area contributed by atoms with Crippen molar-refractivity contribution < 1.29 is 27.7 Å². The van der Waals surface area contributed by atoms with E-state index < -0.39 is 39.4 Å². The molecule has 2 unspecified atom stereocenters. The Morgan fingerprint density at radius 2 is 1.98 bits per heavy atom. The fourth-order valence-electron chi connectivity index (χ4n) is 5.31. The van der Waals surface area contributed by atoms with E-state index in [4.69, 9.17) is 0 Å². The van der Waals surface area contributed by atoms with Crippen molar-refractivity contribution in [2.45, 2.75) is 37.6 Å². The smallest absolute Gasteiger partial charge is 0.246 e. The lowest BCUT2D eigenvalue weighted by Gasteiger charge is -2.41. The molecule has 10 nitrogen and oxygen atoms in total. The molecule has 44 heavy (non-hydrogen) atoms. The first-order valence-corrected chi connectivity index (χ1v) is 15.4. The molecule has 232 valence electrons. The van der Waals surface area contributed by atoms with Crippen molar-refractivity contribution in [3.8, 4) is 17.0 Å². The number of anilines is 2. The second kappa shape index (κ2) is 13.4. The lowest BCUT2D eigenvalue weighted by molar-refractivity contribution is -0.128. The number of amides is 2. The maximum Gasteiger partial charge on any atom is 0.246 e. The quantitative estimate of drug-likeness (QED) is 0.171. The molecule has 2 atom stereocenters. The van der Waals surface area contributed by atoms with E-state index in [1.807, 2.05) is 25.7 Å². The number of hydrogen-bond donors (Lipinski definition) is 1. The third-order valence-corrected chi connectivity index (χ3v) is 8.32. The summed E-state index contributed by atoms with van der Waals surface area (Å²) >= 11 is 0. The second-order valence-corrected chi connectivity index (χ2v) is 11.9. The van der Waals surface area contributed by atoms with Gasteiger partial charge >= 0.3 is 0 Å². The molecule has 0 spiro atoms. The van der Waals surface area contributed by atoms with Crippen molar-refractivity contribution in [1.29, 1.82) is 0 Å². The summed E-state index contributed by atoms with van der Waals surface area (Å²) in [4.78, 5) is 43.6. The summed E-state index contributed by atoms with van der Waals surface area (Å²) < 4.78 is 43.9. The minimum absolute atomic E-state index is 0.0819. The number of carbonyl (C=O) groups excluding carboxylic acids is 2. The first-order chi connectivity index (χ1) is 20.9. The summed E-state index contributed by atoms with van der Waals surface area (Å²) in [5.41, 5.74) is -0.328. The molecule has 1 aliphatic heterocycles. The molecule has 0 bridgehead atoms. The second-order valence-electron chi connectivity index (χ2n) is 10.5. The summed E-state index contributed by atoms with van der Waals surface area (Å²) in [6, 6.07) is 5.85. The summed E-state index contributed by atoms with van der Waals surface area (Å²) in [6.07, 6.45) is 4.64. The highest BCUT2D eigenvalue weighted by molar-refractivity contribution is 7.84. The molecule has 4 rings (SSSR count). The zero-order valence-electron chi connectivity index (χ0n) is 25.1. The number of phenols is 1. The topological polar surface area (TPSA) is 119 Å². The average molecular weight is 625 g/mol.